The van der Waals surface area contributed by atoms with Crippen molar-refractivity contribution in [1.82, 2.24) is 14.6 Å². The third-order valence-electron chi connectivity index (χ3n) is 4.37. The summed E-state index contributed by atoms with van der Waals surface area (Å²) in [4.78, 5) is 8.76. The summed E-state index contributed by atoms with van der Waals surface area (Å²) in [6, 6.07) is 4.30. The zero-order valence-electron chi connectivity index (χ0n) is 13.9. The molecule has 0 aromatic carbocycles. The summed E-state index contributed by atoms with van der Waals surface area (Å²) in [7, 11) is 0. The molecule has 1 fully saturated rings. The number of aromatic nitrogens is 3. The highest BCUT2D eigenvalue weighted by molar-refractivity contribution is 7.17. The number of morpholine rings is 1. The molecule has 0 aliphatic carbocycles. The fraction of sp³-hybridized carbons (Fsp3) is 0.500. The van der Waals surface area contributed by atoms with Gasteiger partial charge in [0, 0.05) is 0 Å². The number of aromatic hydroxyl groups is 1. The zero-order valence-corrected chi connectivity index (χ0v) is 15.5. The number of nitrogens with one attached hydrogen (secondary N) is 1. The Morgan fingerprint density at radius 2 is 2.12 bits per heavy atom. The molecular weight excluding hydrogens is 344 g/mol. The summed E-state index contributed by atoms with van der Waals surface area (Å²) in [6.07, 6.45) is 0.413. The standard InChI is InChI=1S/C16H20N4O2S2/c1-9-7-19(8-10(2)22-9)13(12-5-4-6-23-12)14-15(21)20-16(24-14)17-11(3)18-20/h4-6,9-10,13,21H,7-8H2,1-3H3/p+1/t9-,10+,13-/m1/s1. The first kappa shape index (κ1) is 16.0. The van der Waals surface area contributed by atoms with Crippen molar-refractivity contribution in [2.24, 2.45) is 0 Å². The van der Waals surface area contributed by atoms with E-state index in [-0.39, 0.29) is 24.1 Å². The van der Waals surface area contributed by atoms with E-state index in [4.69, 9.17) is 4.74 Å². The van der Waals surface area contributed by atoms with Crippen molar-refractivity contribution in [3.8, 4) is 5.88 Å². The number of rotatable bonds is 3. The molecule has 0 saturated carbocycles. The Morgan fingerprint density at radius 3 is 2.75 bits per heavy atom. The van der Waals surface area contributed by atoms with Crippen molar-refractivity contribution in [1.29, 1.82) is 0 Å². The summed E-state index contributed by atoms with van der Waals surface area (Å²) in [6.45, 7) is 7.91. The molecule has 1 aliphatic rings. The van der Waals surface area contributed by atoms with Crippen LogP contribution >= 0.6 is 22.7 Å². The molecule has 4 atom stereocenters. The Bertz CT molecular complexity index is 832. The van der Waals surface area contributed by atoms with Gasteiger partial charge in [0.1, 0.15) is 36.0 Å². The summed E-state index contributed by atoms with van der Waals surface area (Å²) in [5.74, 6) is 0.894. The second kappa shape index (κ2) is 6.11. The van der Waals surface area contributed by atoms with Crippen LogP contribution in [0.25, 0.3) is 4.96 Å². The van der Waals surface area contributed by atoms with E-state index in [1.165, 1.54) is 21.1 Å². The average Bonchev–Trinajstić information content (AvgIpc) is 3.20. The van der Waals surface area contributed by atoms with Gasteiger partial charge in [0.05, 0.1) is 4.88 Å². The summed E-state index contributed by atoms with van der Waals surface area (Å²) >= 11 is 3.26. The van der Waals surface area contributed by atoms with Crippen LogP contribution in [0.2, 0.25) is 0 Å². The Balaban J connectivity index is 1.80. The minimum absolute atomic E-state index is 0.0904. The number of hydrogen-bond acceptors (Lipinski definition) is 6. The number of thiazole rings is 1. The molecule has 0 spiro atoms. The Morgan fingerprint density at radius 1 is 1.38 bits per heavy atom. The Labute approximate surface area is 148 Å². The van der Waals surface area contributed by atoms with Gasteiger partial charge in [0.25, 0.3) is 0 Å². The highest BCUT2D eigenvalue weighted by Crippen LogP contribution is 2.36. The Hall–Kier alpha value is -1.48. The van der Waals surface area contributed by atoms with E-state index in [0.717, 1.165) is 22.9 Å². The van der Waals surface area contributed by atoms with Crippen LogP contribution in [0.5, 0.6) is 5.88 Å². The maximum absolute atomic E-state index is 10.8. The van der Waals surface area contributed by atoms with Gasteiger partial charge in [-0.2, -0.15) is 4.52 Å². The van der Waals surface area contributed by atoms with Crippen molar-refractivity contribution >= 4 is 27.6 Å². The third kappa shape index (κ3) is 2.73. The number of fused-ring (bicyclic) bond motifs is 1. The van der Waals surface area contributed by atoms with Crippen LogP contribution in [0, 0.1) is 6.92 Å². The predicted molar refractivity (Wildman–Crippen MR) is 94.1 cm³/mol. The molecule has 3 aromatic rings. The number of hydrogen-bond donors (Lipinski definition) is 2. The van der Waals surface area contributed by atoms with Gasteiger partial charge in [-0.3, -0.25) is 0 Å². The molecule has 4 heterocycles. The molecule has 1 unspecified atom stereocenters. The molecule has 128 valence electrons. The molecule has 0 amide bonds. The van der Waals surface area contributed by atoms with E-state index in [1.54, 1.807) is 15.9 Å². The second-order valence-corrected chi connectivity index (χ2v) is 8.40. The monoisotopic (exact) mass is 365 g/mol. The van der Waals surface area contributed by atoms with Crippen molar-refractivity contribution in [3.05, 3.63) is 33.1 Å². The van der Waals surface area contributed by atoms with Gasteiger partial charge >= 0.3 is 0 Å². The van der Waals surface area contributed by atoms with Gasteiger partial charge < -0.3 is 14.7 Å². The number of aryl methyl sites for hydroxylation is 1. The fourth-order valence-corrected chi connectivity index (χ4v) is 5.70. The number of ether oxygens (including phenoxy) is 1. The average molecular weight is 366 g/mol. The lowest BCUT2D eigenvalue weighted by Gasteiger charge is -2.36. The van der Waals surface area contributed by atoms with Crippen LogP contribution in [0.15, 0.2) is 17.5 Å². The number of nitrogens with zero attached hydrogens (tertiary/aromatic N) is 3. The largest absolute Gasteiger partial charge is 0.492 e. The maximum atomic E-state index is 10.8. The second-order valence-electron chi connectivity index (χ2n) is 6.42. The highest BCUT2D eigenvalue weighted by atomic mass is 32.1. The van der Waals surface area contributed by atoms with Crippen LogP contribution in [0.4, 0.5) is 0 Å². The van der Waals surface area contributed by atoms with Crippen LogP contribution in [0.1, 0.15) is 35.5 Å². The first-order valence-corrected chi connectivity index (χ1v) is 9.81. The van der Waals surface area contributed by atoms with Crippen LogP contribution < -0.4 is 4.90 Å². The maximum Gasteiger partial charge on any atom is 0.235 e. The van der Waals surface area contributed by atoms with Crippen molar-refractivity contribution in [3.63, 3.8) is 0 Å². The van der Waals surface area contributed by atoms with E-state index >= 15 is 0 Å². The normalized spacial score (nSPS) is 26.0. The first-order chi connectivity index (χ1) is 11.5. The van der Waals surface area contributed by atoms with Gasteiger partial charge in [0.2, 0.25) is 10.8 Å². The van der Waals surface area contributed by atoms with Gasteiger partial charge in [-0.25, -0.2) is 4.98 Å². The van der Waals surface area contributed by atoms with E-state index in [2.05, 4.69) is 41.4 Å². The molecule has 3 aromatic heterocycles. The van der Waals surface area contributed by atoms with E-state index in [1.807, 2.05) is 6.92 Å². The van der Waals surface area contributed by atoms with Crippen LogP contribution in [0.3, 0.4) is 0 Å². The minimum Gasteiger partial charge on any atom is -0.492 e. The van der Waals surface area contributed by atoms with Crippen LogP contribution in [-0.2, 0) is 4.74 Å². The minimum atomic E-state index is 0.0904. The molecule has 6 nitrogen and oxygen atoms in total. The van der Waals surface area contributed by atoms with Crippen molar-refractivity contribution in [2.45, 2.75) is 39.0 Å². The lowest BCUT2D eigenvalue weighted by atomic mass is 10.1. The van der Waals surface area contributed by atoms with Crippen LogP contribution in [-0.4, -0.2) is 45.0 Å². The molecule has 8 heteroatoms. The SMILES string of the molecule is Cc1nc2sc([C@@H](c3cccs3)[NH+]3C[C@@H](C)O[C@@H](C)C3)c(O)n2n1. The fourth-order valence-electron chi connectivity index (χ4n) is 3.56. The zero-order chi connectivity index (χ0) is 16.8. The summed E-state index contributed by atoms with van der Waals surface area (Å²) in [5, 5.41) is 17.2. The quantitative estimate of drug-likeness (QED) is 0.741. The molecule has 1 saturated heterocycles. The molecular formula is C16H21N4O2S2+. The molecule has 1 aliphatic heterocycles. The lowest BCUT2D eigenvalue weighted by molar-refractivity contribution is -0.939. The van der Waals surface area contributed by atoms with Gasteiger partial charge in [0.15, 0.2) is 6.04 Å². The molecule has 24 heavy (non-hydrogen) atoms. The van der Waals surface area contributed by atoms with Crippen molar-refractivity contribution < 1.29 is 14.7 Å². The summed E-state index contributed by atoms with van der Waals surface area (Å²) < 4.78 is 7.46. The lowest BCUT2D eigenvalue weighted by Crippen LogP contribution is -3.15. The van der Waals surface area contributed by atoms with E-state index in [9.17, 15) is 5.11 Å². The predicted octanol–water partition coefficient (Wildman–Crippen LogP) is 1.65. The third-order valence-corrected chi connectivity index (χ3v) is 6.39. The van der Waals surface area contributed by atoms with E-state index in [0.29, 0.717) is 5.82 Å². The first-order valence-electron chi connectivity index (χ1n) is 8.11. The molecule has 0 radical (unpaired) electrons. The molecule has 4 rings (SSSR count). The highest BCUT2D eigenvalue weighted by Gasteiger charge is 2.37. The number of thiophene rings is 1. The summed E-state index contributed by atoms with van der Waals surface area (Å²) in [5.41, 5.74) is 0. The Kier molecular flexibility index (Phi) is 4.07. The van der Waals surface area contributed by atoms with Gasteiger partial charge in [-0.15, -0.1) is 16.4 Å². The number of quaternary nitrogens is 1. The topological polar surface area (TPSA) is 64.1 Å². The smallest absolute Gasteiger partial charge is 0.235 e. The molecule has 2 N–H and O–H groups in total. The van der Waals surface area contributed by atoms with Crippen molar-refractivity contribution in [2.75, 3.05) is 13.1 Å². The van der Waals surface area contributed by atoms with Gasteiger partial charge in [-0.05, 0) is 32.2 Å². The van der Waals surface area contributed by atoms with E-state index < -0.39 is 0 Å². The molecule has 0 bridgehead atoms. The van der Waals surface area contributed by atoms with Gasteiger partial charge in [-0.1, -0.05) is 17.4 Å².